The normalized spacial score (nSPS) is 13.6. The highest BCUT2D eigenvalue weighted by Crippen LogP contribution is 2.31. The van der Waals surface area contributed by atoms with E-state index < -0.39 is 0 Å². The number of benzene rings is 1. The third-order valence-electron chi connectivity index (χ3n) is 2.68. The van der Waals surface area contributed by atoms with Crippen LogP contribution in [0.2, 0.25) is 0 Å². The Hall–Kier alpha value is -2.17. The Labute approximate surface area is 98.1 Å². The van der Waals surface area contributed by atoms with E-state index >= 15 is 0 Å². The number of ether oxygens (including phenoxy) is 2. The molecule has 1 aliphatic heterocycles. The van der Waals surface area contributed by atoms with E-state index in [9.17, 15) is 0 Å². The molecule has 0 aliphatic carbocycles. The van der Waals surface area contributed by atoms with Gasteiger partial charge in [-0.3, -0.25) is 0 Å². The van der Waals surface area contributed by atoms with Gasteiger partial charge in [-0.15, -0.1) is 0 Å². The molecule has 1 aromatic heterocycles. The van der Waals surface area contributed by atoms with Gasteiger partial charge < -0.3 is 19.7 Å². The summed E-state index contributed by atoms with van der Waals surface area (Å²) in [4.78, 5) is 0. The van der Waals surface area contributed by atoms with Crippen LogP contribution in [-0.2, 0) is 6.42 Å². The van der Waals surface area contributed by atoms with Crippen LogP contribution in [0.15, 0.2) is 28.9 Å². The maximum atomic E-state index is 5.64. The van der Waals surface area contributed by atoms with Gasteiger partial charge in [0, 0.05) is 12.0 Å². The van der Waals surface area contributed by atoms with Crippen molar-refractivity contribution in [3.8, 4) is 11.5 Å². The predicted molar refractivity (Wildman–Crippen MR) is 61.2 cm³/mol. The zero-order valence-electron chi connectivity index (χ0n) is 9.18. The van der Waals surface area contributed by atoms with Crippen LogP contribution in [0.4, 0.5) is 5.88 Å². The van der Waals surface area contributed by atoms with Crippen molar-refractivity contribution in [1.82, 2.24) is 5.16 Å². The average molecular weight is 232 g/mol. The first-order chi connectivity index (χ1) is 8.33. The Balaban J connectivity index is 1.87. The van der Waals surface area contributed by atoms with Gasteiger partial charge in [0.1, 0.15) is 13.2 Å². The van der Waals surface area contributed by atoms with Crippen molar-refractivity contribution in [2.75, 3.05) is 18.9 Å². The first kappa shape index (κ1) is 10.0. The molecule has 3 rings (SSSR count). The van der Waals surface area contributed by atoms with E-state index in [0.717, 1.165) is 22.6 Å². The quantitative estimate of drug-likeness (QED) is 0.851. The van der Waals surface area contributed by atoms with Crippen molar-refractivity contribution in [3.05, 3.63) is 35.5 Å². The molecular weight excluding hydrogens is 220 g/mol. The minimum absolute atomic E-state index is 0.361. The Morgan fingerprint density at radius 3 is 2.76 bits per heavy atom. The van der Waals surface area contributed by atoms with Crippen LogP contribution in [0.3, 0.4) is 0 Å². The highest BCUT2D eigenvalue weighted by Gasteiger charge is 2.13. The molecule has 0 saturated carbocycles. The van der Waals surface area contributed by atoms with E-state index in [1.807, 2.05) is 18.2 Å². The monoisotopic (exact) mass is 232 g/mol. The Morgan fingerprint density at radius 1 is 1.18 bits per heavy atom. The summed E-state index contributed by atoms with van der Waals surface area (Å²) in [6.07, 6.45) is 2.30. The molecule has 0 spiro atoms. The molecule has 88 valence electrons. The lowest BCUT2D eigenvalue weighted by Gasteiger charge is -2.18. The van der Waals surface area contributed by atoms with Crippen LogP contribution < -0.4 is 15.2 Å². The molecule has 17 heavy (non-hydrogen) atoms. The summed E-state index contributed by atoms with van der Waals surface area (Å²) < 4.78 is 15.8. The highest BCUT2D eigenvalue weighted by atomic mass is 16.6. The molecule has 1 aromatic carbocycles. The lowest BCUT2D eigenvalue weighted by molar-refractivity contribution is 0.171. The standard InChI is InChI=1S/C12H12N2O3/c13-12-9(7-14-17-12)5-8-1-2-10-11(6-8)16-4-3-15-10/h1-2,6-7H,3-5,13H2. The SMILES string of the molecule is Nc1oncc1Cc1ccc2c(c1)OCCO2. The third kappa shape index (κ3) is 1.91. The number of hydrogen-bond donors (Lipinski definition) is 1. The molecule has 0 unspecified atom stereocenters. The summed E-state index contributed by atoms with van der Waals surface area (Å²) in [6, 6.07) is 5.86. The van der Waals surface area contributed by atoms with E-state index in [1.165, 1.54) is 0 Å². The Kier molecular flexibility index (Phi) is 2.36. The minimum Gasteiger partial charge on any atom is -0.486 e. The number of anilines is 1. The maximum absolute atomic E-state index is 5.64. The molecular formula is C12H12N2O3. The van der Waals surface area contributed by atoms with E-state index in [4.69, 9.17) is 19.7 Å². The fourth-order valence-electron chi connectivity index (χ4n) is 1.82. The summed E-state index contributed by atoms with van der Waals surface area (Å²) in [6.45, 7) is 1.19. The van der Waals surface area contributed by atoms with Crippen molar-refractivity contribution >= 4 is 5.88 Å². The predicted octanol–water partition coefficient (Wildman–Crippen LogP) is 1.62. The molecule has 0 saturated heterocycles. The third-order valence-corrected chi connectivity index (χ3v) is 2.68. The van der Waals surface area contributed by atoms with Crippen LogP contribution >= 0.6 is 0 Å². The smallest absolute Gasteiger partial charge is 0.225 e. The summed E-state index contributed by atoms with van der Waals surface area (Å²) >= 11 is 0. The Bertz CT molecular complexity index is 536. The van der Waals surface area contributed by atoms with Crippen LogP contribution in [0.25, 0.3) is 0 Å². The second-order valence-corrected chi connectivity index (χ2v) is 3.87. The van der Waals surface area contributed by atoms with Crippen LogP contribution in [0.1, 0.15) is 11.1 Å². The average Bonchev–Trinajstić information content (AvgIpc) is 2.75. The van der Waals surface area contributed by atoms with E-state index in [-0.39, 0.29) is 0 Å². The fraction of sp³-hybridized carbons (Fsp3) is 0.250. The summed E-state index contributed by atoms with van der Waals surface area (Å²) in [5.41, 5.74) is 7.60. The fourth-order valence-corrected chi connectivity index (χ4v) is 1.82. The second kappa shape index (κ2) is 4.01. The van der Waals surface area contributed by atoms with Gasteiger partial charge in [-0.05, 0) is 17.7 Å². The van der Waals surface area contributed by atoms with Crippen LogP contribution in [0, 0.1) is 0 Å². The molecule has 2 aromatic rings. The highest BCUT2D eigenvalue weighted by molar-refractivity contribution is 5.46. The van der Waals surface area contributed by atoms with Crippen LogP contribution in [-0.4, -0.2) is 18.4 Å². The molecule has 5 nitrogen and oxygen atoms in total. The number of nitrogens with zero attached hydrogens (tertiary/aromatic N) is 1. The maximum Gasteiger partial charge on any atom is 0.225 e. The van der Waals surface area contributed by atoms with Crippen molar-refractivity contribution < 1.29 is 14.0 Å². The summed E-state index contributed by atoms with van der Waals surface area (Å²) in [5.74, 6) is 1.93. The van der Waals surface area contributed by atoms with Crippen molar-refractivity contribution in [3.63, 3.8) is 0 Å². The first-order valence-corrected chi connectivity index (χ1v) is 5.40. The molecule has 1 aliphatic rings. The molecule has 0 amide bonds. The number of aromatic nitrogens is 1. The largest absolute Gasteiger partial charge is 0.486 e. The molecule has 0 fully saturated rings. The molecule has 2 N–H and O–H groups in total. The van der Waals surface area contributed by atoms with Gasteiger partial charge in [0.05, 0.1) is 6.20 Å². The molecule has 0 radical (unpaired) electrons. The van der Waals surface area contributed by atoms with Crippen molar-refractivity contribution in [2.45, 2.75) is 6.42 Å². The number of nitrogen functional groups attached to an aromatic ring is 1. The van der Waals surface area contributed by atoms with Gasteiger partial charge in [-0.1, -0.05) is 11.2 Å². The number of rotatable bonds is 2. The summed E-state index contributed by atoms with van der Waals surface area (Å²) in [7, 11) is 0. The van der Waals surface area contributed by atoms with Gasteiger partial charge in [0.2, 0.25) is 5.88 Å². The number of fused-ring (bicyclic) bond motifs is 1. The van der Waals surface area contributed by atoms with Gasteiger partial charge in [0.25, 0.3) is 0 Å². The topological polar surface area (TPSA) is 70.5 Å². The summed E-state index contributed by atoms with van der Waals surface area (Å²) in [5, 5.41) is 3.65. The lowest BCUT2D eigenvalue weighted by atomic mass is 10.1. The first-order valence-electron chi connectivity index (χ1n) is 5.40. The van der Waals surface area contributed by atoms with Gasteiger partial charge >= 0.3 is 0 Å². The van der Waals surface area contributed by atoms with Gasteiger partial charge in [0.15, 0.2) is 11.5 Å². The number of hydrogen-bond acceptors (Lipinski definition) is 5. The molecule has 0 bridgehead atoms. The van der Waals surface area contributed by atoms with Crippen molar-refractivity contribution in [1.29, 1.82) is 0 Å². The second-order valence-electron chi connectivity index (χ2n) is 3.87. The van der Waals surface area contributed by atoms with Crippen molar-refractivity contribution in [2.24, 2.45) is 0 Å². The Morgan fingerprint density at radius 2 is 2.00 bits per heavy atom. The zero-order chi connectivity index (χ0) is 11.7. The zero-order valence-corrected chi connectivity index (χ0v) is 9.18. The molecule has 2 heterocycles. The van der Waals surface area contributed by atoms with Gasteiger partial charge in [-0.2, -0.15) is 0 Å². The lowest BCUT2D eigenvalue weighted by Crippen LogP contribution is -2.15. The number of nitrogens with two attached hydrogens (primary N) is 1. The van der Waals surface area contributed by atoms with E-state index in [2.05, 4.69) is 5.16 Å². The van der Waals surface area contributed by atoms with E-state index in [1.54, 1.807) is 6.20 Å². The molecule has 5 heteroatoms. The van der Waals surface area contributed by atoms with E-state index in [0.29, 0.717) is 25.5 Å². The molecule has 0 atom stereocenters. The van der Waals surface area contributed by atoms with Gasteiger partial charge in [-0.25, -0.2) is 0 Å². The minimum atomic E-state index is 0.361. The van der Waals surface area contributed by atoms with Crippen LogP contribution in [0.5, 0.6) is 11.5 Å².